The molecule has 0 aliphatic carbocycles. The van der Waals surface area contributed by atoms with Gasteiger partial charge in [-0.3, -0.25) is 0 Å². The van der Waals surface area contributed by atoms with Crippen LogP contribution in [0.3, 0.4) is 0 Å². The standard InChI is InChI=1S/C12H14BrFN4/c1-7(15-3)12-8(2)18(17-16-12)9-4-5-10(13)11(14)6-9/h4-7,15H,1-3H3. The number of aromatic nitrogens is 3. The van der Waals surface area contributed by atoms with Crippen LogP contribution in [0, 0.1) is 12.7 Å². The van der Waals surface area contributed by atoms with Gasteiger partial charge in [0.15, 0.2) is 0 Å². The van der Waals surface area contributed by atoms with E-state index in [2.05, 4.69) is 31.6 Å². The summed E-state index contributed by atoms with van der Waals surface area (Å²) in [5.74, 6) is -0.314. The first-order valence-corrected chi connectivity index (χ1v) is 6.38. The normalized spacial score (nSPS) is 12.7. The summed E-state index contributed by atoms with van der Waals surface area (Å²) in [5.41, 5.74) is 2.43. The summed E-state index contributed by atoms with van der Waals surface area (Å²) < 4.78 is 15.6. The highest BCUT2D eigenvalue weighted by Gasteiger charge is 2.15. The maximum Gasteiger partial charge on any atom is 0.139 e. The molecule has 4 nitrogen and oxygen atoms in total. The third kappa shape index (κ3) is 2.30. The Morgan fingerprint density at radius 1 is 1.44 bits per heavy atom. The molecule has 1 N–H and O–H groups in total. The maximum atomic E-state index is 13.5. The molecule has 96 valence electrons. The zero-order valence-corrected chi connectivity index (χ0v) is 12.0. The SMILES string of the molecule is CNC(C)c1nnn(-c2ccc(Br)c(F)c2)c1C. The number of benzene rings is 1. The van der Waals surface area contributed by atoms with Crippen LogP contribution in [0.15, 0.2) is 22.7 Å². The summed E-state index contributed by atoms with van der Waals surface area (Å²) in [7, 11) is 1.86. The Balaban J connectivity index is 2.45. The Hall–Kier alpha value is -1.27. The Morgan fingerprint density at radius 2 is 2.17 bits per heavy atom. The third-order valence-electron chi connectivity index (χ3n) is 2.92. The van der Waals surface area contributed by atoms with E-state index in [0.717, 1.165) is 11.4 Å². The molecule has 0 amide bonds. The molecule has 0 saturated carbocycles. The lowest BCUT2D eigenvalue weighted by molar-refractivity contribution is 0.617. The highest BCUT2D eigenvalue weighted by molar-refractivity contribution is 9.10. The van der Waals surface area contributed by atoms with Gasteiger partial charge in [-0.05, 0) is 49.0 Å². The lowest BCUT2D eigenvalue weighted by atomic mass is 10.2. The number of halogens is 2. The monoisotopic (exact) mass is 312 g/mol. The van der Waals surface area contributed by atoms with Gasteiger partial charge in [-0.25, -0.2) is 9.07 Å². The van der Waals surface area contributed by atoms with Crippen LogP contribution in [0.5, 0.6) is 0 Å². The molecule has 1 aromatic carbocycles. The van der Waals surface area contributed by atoms with Crippen molar-refractivity contribution in [3.05, 3.63) is 39.9 Å². The van der Waals surface area contributed by atoms with Crippen LogP contribution in [0.25, 0.3) is 5.69 Å². The zero-order chi connectivity index (χ0) is 13.3. The number of hydrogen-bond donors (Lipinski definition) is 1. The van der Waals surface area contributed by atoms with Gasteiger partial charge in [0.25, 0.3) is 0 Å². The minimum atomic E-state index is -0.314. The first-order chi connectivity index (χ1) is 8.54. The number of nitrogens with zero attached hydrogens (tertiary/aromatic N) is 3. The largest absolute Gasteiger partial charge is 0.312 e. The molecular formula is C12H14BrFN4. The minimum absolute atomic E-state index is 0.110. The maximum absolute atomic E-state index is 13.5. The van der Waals surface area contributed by atoms with Crippen molar-refractivity contribution in [1.29, 1.82) is 0 Å². The van der Waals surface area contributed by atoms with Crippen molar-refractivity contribution in [2.45, 2.75) is 19.9 Å². The summed E-state index contributed by atoms with van der Waals surface area (Å²) in [4.78, 5) is 0. The van der Waals surface area contributed by atoms with Gasteiger partial charge in [0.1, 0.15) is 11.5 Å². The van der Waals surface area contributed by atoms with Crippen LogP contribution in [0.2, 0.25) is 0 Å². The summed E-state index contributed by atoms with van der Waals surface area (Å²) in [6.45, 7) is 3.92. The van der Waals surface area contributed by atoms with Gasteiger partial charge in [-0.2, -0.15) is 0 Å². The lowest BCUT2D eigenvalue weighted by Crippen LogP contribution is -2.14. The molecule has 0 saturated heterocycles. The molecule has 1 atom stereocenters. The predicted octanol–water partition coefficient (Wildman–Crippen LogP) is 2.76. The minimum Gasteiger partial charge on any atom is -0.312 e. The van der Waals surface area contributed by atoms with E-state index >= 15 is 0 Å². The van der Waals surface area contributed by atoms with Gasteiger partial charge in [-0.1, -0.05) is 5.21 Å². The van der Waals surface area contributed by atoms with Crippen molar-refractivity contribution in [3.8, 4) is 5.69 Å². The van der Waals surface area contributed by atoms with Gasteiger partial charge in [0.05, 0.1) is 21.9 Å². The average Bonchev–Trinajstić information content (AvgIpc) is 2.74. The zero-order valence-electron chi connectivity index (χ0n) is 10.4. The Bertz CT molecular complexity index is 567. The second-order valence-corrected chi connectivity index (χ2v) is 4.94. The summed E-state index contributed by atoms with van der Waals surface area (Å²) >= 11 is 3.13. The van der Waals surface area contributed by atoms with E-state index in [1.54, 1.807) is 16.8 Å². The Morgan fingerprint density at radius 3 is 2.78 bits per heavy atom. The third-order valence-corrected chi connectivity index (χ3v) is 3.56. The van der Waals surface area contributed by atoms with Crippen molar-refractivity contribution >= 4 is 15.9 Å². The molecule has 0 fully saturated rings. The average molecular weight is 313 g/mol. The molecule has 18 heavy (non-hydrogen) atoms. The molecule has 2 aromatic rings. The molecule has 2 rings (SSSR count). The lowest BCUT2D eigenvalue weighted by Gasteiger charge is -2.08. The number of hydrogen-bond acceptors (Lipinski definition) is 3. The van der Waals surface area contributed by atoms with E-state index in [-0.39, 0.29) is 11.9 Å². The summed E-state index contributed by atoms with van der Waals surface area (Å²) in [6.07, 6.45) is 0. The van der Waals surface area contributed by atoms with Crippen LogP contribution in [-0.4, -0.2) is 22.0 Å². The van der Waals surface area contributed by atoms with Crippen molar-refractivity contribution in [2.24, 2.45) is 0 Å². The molecule has 0 aliphatic rings. The predicted molar refractivity (Wildman–Crippen MR) is 71.2 cm³/mol. The molecule has 0 radical (unpaired) electrons. The van der Waals surface area contributed by atoms with Gasteiger partial charge in [0.2, 0.25) is 0 Å². The van der Waals surface area contributed by atoms with Crippen molar-refractivity contribution in [3.63, 3.8) is 0 Å². The summed E-state index contributed by atoms with van der Waals surface area (Å²) in [5, 5.41) is 11.3. The highest BCUT2D eigenvalue weighted by atomic mass is 79.9. The van der Waals surface area contributed by atoms with E-state index in [4.69, 9.17) is 0 Å². The van der Waals surface area contributed by atoms with Crippen molar-refractivity contribution in [1.82, 2.24) is 20.3 Å². The Kier molecular flexibility index (Phi) is 3.77. The first kappa shape index (κ1) is 13.2. The van der Waals surface area contributed by atoms with Crippen LogP contribution >= 0.6 is 15.9 Å². The smallest absolute Gasteiger partial charge is 0.139 e. The van der Waals surface area contributed by atoms with Crippen LogP contribution in [0.4, 0.5) is 4.39 Å². The van der Waals surface area contributed by atoms with Gasteiger partial charge in [0, 0.05) is 6.07 Å². The first-order valence-electron chi connectivity index (χ1n) is 5.59. The van der Waals surface area contributed by atoms with Crippen LogP contribution in [0.1, 0.15) is 24.4 Å². The fourth-order valence-electron chi connectivity index (χ4n) is 1.74. The second kappa shape index (κ2) is 5.16. The van der Waals surface area contributed by atoms with Gasteiger partial charge >= 0.3 is 0 Å². The fourth-order valence-corrected chi connectivity index (χ4v) is 1.99. The van der Waals surface area contributed by atoms with E-state index < -0.39 is 0 Å². The molecule has 1 aromatic heterocycles. The van der Waals surface area contributed by atoms with E-state index in [1.165, 1.54) is 6.07 Å². The second-order valence-electron chi connectivity index (χ2n) is 4.08. The Labute approximate surface area is 113 Å². The van der Waals surface area contributed by atoms with Crippen molar-refractivity contribution in [2.75, 3.05) is 7.05 Å². The van der Waals surface area contributed by atoms with Crippen LogP contribution < -0.4 is 5.32 Å². The quantitative estimate of drug-likeness (QED) is 0.947. The van der Waals surface area contributed by atoms with E-state index in [1.807, 2.05) is 20.9 Å². The number of rotatable bonds is 3. The van der Waals surface area contributed by atoms with Gasteiger partial charge < -0.3 is 5.32 Å². The molecule has 1 heterocycles. The molecular weight excluding hydrogens is 299 g/mol. The molecule has 0 bridgehead atoms. The van der Waals surface area contributed by atoms with Crippen LogP contribution in [-0.2, 0) is 0 Å². The molecule has 0 spiro atoms. The molecule has 0 aliphatic heterocycles. The molecule has 6 heteroatoms. The van der Waals surface area contributed by atoms with E-state index in [9.17, 15) is 4.39 Å². The van der Waals surface area contributed by atoms with Gasteiger partial charge in [-0.15, -0.1) is 5.10 Å². The van der Waals surface area contributed by atoms with E-state index in [0.29, 0.717) is 10.2 Å². The topological polar surface area (TPSA) is 42.7 Å². The number of nitrogens with one attached hydrogen (secondary N) is 1. The highest BCUT2D eigenvalue weighted by Crippen LogP contribution is 2.21. The summed E-state index contributed by atoms with van der Waals surface area (Å²) in [6, 6.07) is 4.99. The fraction of sp³-hybridized carbons (Fsp3) is 0.333. The molecule has 1 unspecified atom stereocenters. The van der Waals surface area contributed by atoms with Crippen molar-refractivity contribution < 1.29 is 4.39 Å².